The molecule has 0 radical (unpaired) electrons. The van der Waals surface area contributed by atoms with Gasteiger partial charge in [-0.3, -0.25) is 4.98 Å². The fraction of sp³-hybridized carbons (Fsp3) is 0.348. The van der Waals surface area contributed by atoms with Gasteiger partial charge in [-0.2, -0.15) is 0 Å². The predicted molar refractivity (Wildman–Crippen MR) is 110 cm³/mol. The molecule has 0 atom stereocenters. The highest BCUT2D eigenvalue weighted by Crippen LogP contribution is 2.29. The summed E-state index contributed by atoms with van der Waals surface area (Å²) in [6, 6.07) is 13.1. The molecule has 144 valence electrons. The van der Waals surface area contributed by atoms with Crippen LogP contribution in [0.15, 0.2) is 54.9 Å². The standard InChI is InChI=1S/C23H25FN4/c1-28(19-10-3-2-4-11-19)23-18(15-17-9-5-6-12-20(17)24)16-26-22(27-23)21-13-7-8-14-25-21/h5-9,12-14,16,19H,2-4,10-11,15H2,1H3. The topological polar surface area (TPSA) is 41.9 Å². The van der Waals surface area contributed by atoms with Crippen LogP contribution in [0.3, 0.4) is 0 Å². The van der Waals surface area contributed by atoms with Crippen LogP contribution in [-0.4, -0.2) is 28.0 Å². The summed E-state index contributed by atoms with van der Waals surface area (Å²) in [7, 11) is 2.10. The Morgan fingerprint density at radius 2 is 1.75 bits per heavy atom. The second kappa shape index (κ2) is 8.46. The van der Waals surface area contributed by atoms with Crippen LogP contribution < -0.4 is 4.90 Å². The Balaban J connectivity index is 1.72. The summed E-state index contributed by atoms with van der Waals surface area (Å²) in [5.41, 5.74) is 2.35. The van der Waals surface area contributed by atoms with Gasteiger partial charge in [0.05, 0.1) is 0 Å². The largest absolute Gasteiger partial charge is 0.356 e. The molecule has 0 N–H and O–H groups in total. The zero-order valence-electron chi connectivity index (χ0n) is 16.2. The maximum absolute atomic E-state index is 14.2. The van der Waals surface area contributed by atoms with Gasteiger partial charge in [0.25, 0.3) is 0 Å². The minimum absolute atomic E-state index is 0.192. The summed E-state index contributed by atoms with van der Waals surface area (Å²) in [6.07, 6.45) is 10.2. The average Bonchev–Trinajstić information content (AvgIpc) is 2.76. The van der Waals surface area contributed by atoms with Crippen LogP contribution in [0.25, 0.3) is 11.5 Å². The van der Waals surface area contributed by atoms with Gasteiger partial charge in [0.1, 0.15) is 17.3 Å². The number of anilines is 1. The summed E-state index contributed by atoms with van der Waals surface area (Å²) in [6.45, 7) is 0. The third-order valence-corrected chi connectivity index (χ3v) is 5.53. The highest BCUT2D eigenvalue weighted by Gasteiger charge is 2.23. The van der Waals surface area contributed by atoms with Gasteiger partial charge in [0.15, 0.2) is 5.82 Å². The normalized spacial score (nSPS) is 14.8. The number of rotatable bonds is 5. The number of pyridine rings is 1. The molecule has 0 saturated heterocycles. The molecule has 0 bridgehead atoms. The van der Waals surface area contributed by atoms with E-state index in [0.29, 0.717) is 23.9 Å². The molecule has 1 saturated carbocycles. The molecule has 2 heterocycles. The van der Waals surface area contributed by atoms with Crippen molar-refractivity contribution in [3.05, 3.63) is 71.8 Å². The van der Waals surface area contributed by atoms with Crippen molar-refractivity contribution in [3.63, 3.8) is 0 Å². The van der Waals surface area contributed by atoms with E-state index in [1.807, 2.05) is 36.5 Å². The van der Waals surface area contributed by atoms with E-state index < -0.39 is 0 Å². The van der Waals surface area contributed by atoms with Gasteiger partial charge < -0.3 is 4.90 Å². The molecule has 4 nitrogen and oxygen atoms in total. The first kappa shape index (κ1) is 18.5. The smallest absolute Gasteiger partial charge is 0.180 e. The van der Waals surface area contributed by atoms with Crippen LogP contribution in [0.5, 0.6) is 0 Å². The lowest BCUT2D eigenvalue weighted by atomic mass is 9.94. The summed E-state index contributed by atoms with van der Waals surface area (Å²) >= 11 is 0. The maximum atomic E-state index is 14.2. The van der Waals surface area contributed by atoms with Gasteiger partial charge in [0, 0.05) is 37.5 Å². The van der Waals surface area contributed by atoms with Crippen LogP contribution in [-0.2, 0) is 6.42 Å². The number of hydrogen-bond donors (Lipinski definition) is 0. The zero-order valence-corrected chi connectivity index (χ0v) is 16.2. The summed E-state index contributed by atoms with van der Waals surface area (Å²) < 4.78 is 14.2. The van der Waals surface area contributed by atoms with E-state index in [-0.39, 0.29) is 5.82 Å². The SMILES string of the molecule is CN(c1nc(-c2ccccn2)ncc1Cc1ccccc1F)C1CCCCC1. The molecule has 1 fully saturated rings. The van der Waals surface area contributed by atoms with E-state index in [0.717, 1.165) is 17.1 Å². The molecular weight excluding hydrogens is 351 g/mol. The van der Waals surface area contributed by atoms with Crippen molar-refractivity contribution >= 4 is 5.82 Å². The number of halogens is 1. The molecule has 0 aliphatic heterocycles. The Bertz CT molecular complexity index is 923. The number of nitrogens with zero attached hydrogens (tertiary/aromatic N) is 4. The monoisotopic (exact) mass is 376 g/mol. The van der Waals surface area contributed by atoms with Gasteiger partial charge in [-0.15, -0.1) is 0 Å². The summed E-state index contributed by atoms with van der Waals surface area (Å²) in [4.78, 5) is 16.1. The fourth-order valence-electron chi connectivity index (χ4n) is 3.93. The lowest BCUT2D eigenvalue weighted by Gasteiger charge is -2.33. The molecule has 1 aliphatic carbocycles. The number of hydrogen-bond acceptors (Lipinski definition) is 4. The second-order valence-corrected chi connectivity index (χ2v) is 7.43. The second-order valence-electron chi connectivity index (χ2n) is 7.43. The first-order valence-corrected chi connectivity index (χ1v) is 9.96. The van der Waals surface area contributed by atoms with E-state index in [1.54, 1.807) is 12.3 Å². The van der Waals surface area contributed by atoms with Crippen molar-refractivity contribution in [2.45, 2.75) is 44.6 Å². The van der Waals surface area contributed by atoms with E-state index >= 15 is 0 Å². The molecule has 1 aliphatic rings. The number of benzene rings is 1. The Morgan fingerprint density at radius 1 is 0.964 bits per heavy atom. The highest BCUT2D eigenvalue weighted by molar-refractivity contribution is 5.56. The quantitative estimate of drug-likeness (QED) is 0.626. The van der Waals surface area contributed by atoms with E-state index in [1.165, 1.54) is 38.2 Å². The molecule has 0 spiro atoms. The molecule has 28 heavy (non-hydrogen) atoms. The minimum atomic E-state index is -0.192. The molecule has 3 aromatic rings. The van der Waals surface area contributed by atoms with Gasteiger partial charge >= 0.3 is 0 Å². The van der Waals surface area contributed by atoms with E-state index in [9.17, 15) is 4.39 Å². The molecule has 1 aromatic carbocycles. The Kier molecular flexibility index (Phi) is 5.60. The summed E-state index contributed by atoms with van der Waals surface area (Å²) in [5, 5.41) is 0. The van der Waals surface area contributed by atoms with Gasteiger partial charge in [-0.1, -0.05) is 43.5 Å². The Labute approximate surface area is 165 Å². The molecule has 5 heteroatoms. The zero-order chi connectivity index (χ0) is 19.3. The van der Waals surface area contributed by atoms with Gasteiger partial charge in [-0.05, 0) is 36.6 Å². The van der Waals surface area contributed by atoms with E-state index in [4.69, 9.17) is 4.98 Å². The minimum Gasteiger partial charge on any atom is -0.356 e. The van der Waals surface area contributed by atoms with Crippen LogP contribution in [0.1, 0.15) is 43.2 Å². The highest BCUT2D eigenvalue weighted by atomic mass is 19.1. The Hall–Kier alpha value is -2.82. The third kappa shape index (κ3) is 4.03. The molecule has 2 aromatic heterocycles. The lowest BCUT2D eigenvalue weighted by Crippen LogP contribution is -2.34. The van der Waals surface area contributed by atoms with Crippen LogP contribution in [0.2, 0.25) is 0 Å². The van der Waals surface area contributed by atoms with Crippen molar-refractivity contribution in [1.29, 1.82) is 0 Å². The van der Waals surface area contributed by atoms with Crippen LogP contribution >= 0.6 is 0 Å². The first-order chi connectivity index (χ1) is 13.7. The van der Waals surface area contributed by atoms with Gasteiger partial charge in [0.2, 0.25) is 0 Å². The summed E-state index contributed by atoms with van der Waals surface area (Å²) in [5.74, 6) is 1.30. The van der Waals surface area contributed by atoms with Crippen molar-refractivity contribution in [2.24, 2.45) is 0 Å². The Morgan fingerprint density at radius 3 is 2.50 bits per heavy atom. The lowest BCUT2D eigenvalue weighted by molar-refractivity contribution is 0.425. The van der Waals surface area contributed by atoms with Crippen LogP contribution in [0, 0.1) is 5.82 Å². The number of aromatic nitrogens is 3. The van der Waals surface area contributed by atoms with Crippen molar-refractivity contribution in [3.8, 4) is 11.5 Å². The van der Waals surface area contributed by atoms with Crippen molar-refractivity contribution in [2.75, 3.05) is 11.9 Å². The predicted octanol–water partition coefficient (Wildman–Crippen LogP) is 5.04. The van der Waals surface area contributed by atoms with Crippen LogP contribution in [0.4, 0.5) is 10.2 Å². The van der Waals surface area contributed by atoms with Crippen molar-refractivity contribution in [1.82, 2.24) is 15.0 Å². The fourth-order valence-corrected chi connectivity index (χ4v) is 3.93. The van der Waals surface area contributed by atoms with Gasteiger partial charge in [-0.25, -0.2) is 14.4 Å². The first-order valence-electron chi connectivity index (χ1n) is 9.96. The third-order valence-electron chi connectivity index (χ3n) is 5.53. The molecule has 0 amide bonds. The molecule has 4 rings (SSSR count). The van der Waals surface area contributed by atoms with Crippen molar-refractivity contribution < 1.29 is 4.39 Å². The molecule has 0 unspecified atom stereocenters. The molecular formula is C23H25FN4. The average molecular weight is 376 g/mol. The van der Waals surface area contributed by atoms with E-state index in [2.05, 4.69) is 21.9 Å². The maximum Gasteiger partial charge on any atom is 0.180 e.